The smallest absolute Gasteiger partial charge is 0.137 e. The van der Waals surface area contributed by atoms with Crippen LogP contribution in [0.4, 0.5) is 5.69 Å². The summed E-state index contributed by atoms with van der Waals surface area (Å²) in [5.41, 5.74) is 2.24. The standard InChI is InChI=1S/C12H7ClN2OS/c13-12-11(5-10(16)6-14-12)8-1-3-9(4-2-8)15-7-17/h1-6,16H. The Bertz CT molecular complexity index is 592. The van der Waals surface area contributed by atoms with E-state index in [1.807, 2.05) is 12.1 Å². The third kappa shape index (κ3) is 2.68. The minimum absolute atomic E-state index is 0.0744. The van der Waals surface area contributed by atoms with Crippen LogP contribution in [0.3, 0.4) is 0 Å². The van der Waals surface area contributed by atoms with E-state index in [4.69, 9.17) is 11.6 Å². The molecule has 1 aromatic carbocycles. The highest BCUT2D eigenvalue weighted by Gasteiger charge is 2.05. The number of thiocarbonyl (C=S) groups is 1. The molecule has 3 nitrogen and oxygen atoms in total. The van der Waals surface area contributed by atoms with E-state index in [2.05, 4.69) is 27.4 Å². The van der Waals surface area contributed by atoms with Gasteiger partial charge in [0.2, 0.25) is 0 Å². The Morgan fingerprint density at radius 2 is 2.00 bits per heavy atom. The van der Waals surface area contributed by atoms with Crippen molar-refractivity contribution in [3.63, 3.8) is 0 Å². The van der Waals surface area contributed by atoms with Crippen LogP contribution >= 0.6 is 23.8 Å². The van der Waals surface area contributed by atoms with Gasteiger partial charge in [0.15, 0.2) is 0 Å². The fourth-order valence-electron chi connectivity index (χ4n) is 1.41. The first-order chi connectivity index (χ1) is 8.20. The van der Waals surface area contributed by atoms with Gasteiger partial charge >= 0.3 is 0 Å². The summed E-state index contributed by atoms with van der Waals surface area (Å²) in [5, 5.41) is 12.0. The summed E-state index contributed by atoms with van der Waals surface area (Å²) < 4.78 is 0. The number of nitrogens with zero attached hydrogens (tertiary/aromatic N) is 2. The van der Waals surface area contributed by atoms with Crippen molar-refractivity contribution in [2.45, 2.75) is 0 Å². The summed E-state index contributed by atoms with van der Waals surface area (Å²) in [7, 11) is 0. The highest BCUT2D eigenvalue weighted by atomic mass is 35.5. The van der Waals surface area contributed by atoms with E-state index >= 15 is 0 Å². The molecule has 5 heteroatoms. The zero-order valence-corrected chi connectivity index (χ0v) is 10.2. The highest BCUT2D eigenvalue weighted by molar-refractivity contribution is 7.78. The van der Waals surface area contributed by atoms with Crippen molar-refractivity contribution in [2.24, 2.45) is 4.99 Å². The van der Waals surface area contributed by atoms with Crippen molar-refractivity contribution >= 4 is 34.7 Å². The molecule has 0 atom stereocenters. The van der Waals surface area contributed by atoms with E-state index in [0.29, 0.717) is 16.4 Å². The first-order valence-corrected chi connectivity index (χ1v) is 5.52. The molecular weight excluding hydrogens is 256 g/mol. The van der Waals surface area contributed by atoms with E-state index in [0.717, 1.165) is 5.56 Å². The van der Waals surface area contributed by atoms with Crippen molar-refractivity contribution in [2.75, 3.05) is 0 Å². The maximum absolute atomic E-state index is 9.37. The Hall–Kier alpha value is -1.74. The van der Waals surface area contributed by atoms with Crippen LogP contribution in [0, 0.1) is 0 Å². The summed E-state index contributed by atoms with van der Waals surface area (Å²) in [4.78, 5) is 7.73. The van der Waals surface area contributed by atoms with Gasteiger partial charge in [-0.2, -0.15) is 4.99 Å². The number of hydrogen-bond donors (Lipinski definition) is 1. The van der Waals surface area contributed by atoms with Gasteiger partial charge in [0.05, 0.1) is 17.0 Å². The fourth-order valence-corrected chi connectivity index (χ4v) is 1.73. The molecule has 0 aliphatic heterocycles. The number of hydrogen-bond acceptors (Lipinski definition) is 4. The van der Waals surface area contributed by atoms with Gasteiger partial charge in [0.25, 0.3) is 0 Å². The van der Waals surface area contributed by atoms with Crippen molar-refractivity contribution in [3.05, 3.63) is 41.7 Å². The average molecular weight is 263 g/mol. The molecule has 0 aliphatic rings. The number of aliphatic imine (C=N–C) groups is 1. The molecule has 17 heavy (non-hydrogen) atoms. The van der Waals surface area contributed by atoms with E-state index in [-0.39, 0.29) is 5.75 Å². The monoisotopic (exact) mass is 262 g/mol. The molecule has 0 amide bonds. The van der Waals surface area contributed by atoms with Gasteiger partial charge in [-0.25, -0.2) is 4.98 Å². The van der Waals surface area contributed by atoms with Crippen LogP contribution in [0.25, 0.3) is 11.1 Å². The number of benzene rings is 1. The minimum atomic E-state index is 0.0744. The van der Waals surface area contributed by atoms with Crippen molar-refractivity contribution in [3.8, 4) is 16.9 Å². The van der Waals surface area contributed by atoms with Gasteiger partial charge in [-0.3, -0.25) is 0 Å². The van der Waals surface area contributed by atoms with Crippen molar-refractivity contribution in [1.29, 1.82) is 0 Å². The van der Waals surface area contributed by atoms with Crippen LogP contribution in [0.5, 0.6) is 5.75 Å². The summed E-state index contributed by atoms with van der Waals surface area (Å²) >= 11 is 10.5. The summed E-state index contributed by atoms with van der Waals surface area (Å²) in [6.07, 6.45) is 1.30. The van der Waals surface area contributed by atoms with E-state index in [1.54, 1.807) is 18.2 Å². The molecule has 1 aromatic heterocycles. The molecule has 0 radical (unpaired) electrons. The average Bonchev–Trinajstić information content (AvgIpc) is 2.34. The zero-order chi connectivity index (χ0) is 12.3. The largest absolute Gasteiger partial charge is 0.506 e. The molecular formula is C12H7ClN2OS. The second-order valence-electron chi connectivity index (χ2n) is 3.28. The van der Waals surface area contributed by atoms with Gasteiger partial charge in [0, 0.05) is 5.56 Å². The van der Waals surface area contributed by atoms with Crippen LogP contribution in [-0.2, 0) is 0 Å². The normalized spacial score (nSPS) is 9.71. The molecule has 0 saturated heterocycles. The van der Waals surface area contributed by atoms with E-state index in [9.17, 15) is 5.11 Å². The number of halogens is 1. The number of isothiocyanates is 1. The molecule has 2 rings (SSSR count). The first-order valence-electron chi connectivity index (χ1n) is 4.73. The van der Waals surface area contributed by atoms with Crippen LogP contribution < -0.4 is 0 Å². The summed E-state index contributed by atoms with van der Waals surface area (Å²) in [6.45, 7) is 0. The number of aromatic nitrogens is 1. The third-order valence-electron chi connectivity index (χ3n) is 2.18. The van der Waals surface area contributed by atoms with Gasteiger partial charge in [-0.1, -0.05) is 23.7 Å². The van der Waals surface area contributed by atoms with Crippen LogP contribution in [0.2, 0.25) is 5.15 Å². The lowest BCUT2D eigenvalue weighted by Gasteiger charge is -2.04. The maximum Gasteiger partial charge on any atom is 0.137 e. The van der Waals surface area contributed by atoms with Gasteiger partial charge in [-0.15, -0.1) is 0 Å². The number of aromatic hydroxyl groups is 1. The third-order valence-corrected chi connectivity index (χ3v) is 2.57. The molecule has 2 aromatic rings. The molecule has 0 saturated carbocycles. The van der Waals surface area contributed by atoms with Crippen LogP contribution in [-0.4, -0.2) is 15.3 Å². The second kappa shape index (κ2) is 5.06. The Labute approximate surface area is 108 Å². The zero-order valence-electron chi connectivity index (χ0n) is 8.59. The minimum Gasteiger partial charge on any atom is -0.506 e. The van der Waals surface area contributed by atoms with Gasteiger partial charge in [-0.05, 0) is 36.0 Å². The summed E-state index contributed by atoms with van der Waals surface area (Å²) in [5.74, 6) is 0.0744. The lowest BCUT2D eigenvalue weighted by atomic mass is 10.1. The summed E-state index contributed by atoms with van der Waals surface area (Å²) in [6, 6.07) is 8.79. The quantitative estimate of drug-likeness (QED) is 0.508. The predicted octanol–water partition coefficient (Wildman–Crippen LogP) is 3.84. The molecule has 0 bridgehead atoms. The first kappa shape index (κ1) is 11.7. The van der Waals surface area contributed by atoms with Crippen molar-refractivity contribution < 1.29 is 5.11 Å². The second-order valence-corrected chi connectivity index (χ2v) is 3.82. The predicted molar refractivity (Wildman–Crippen MR) is 71.0 cm³/mol. The van der Waals surface area contributed by atoms with Crippen LogP contribution in [0.1, 0.15) is 0 Å². The van der Waals surface area contributed by atoms with E-state index in [1.165, 1.54) is 6.20 Å². The molecule has 0 unspecified atom stereocenters. The molecule has 0 aliphatic carbocycles. The van der Waals surface area contributed by atoms with E-state index < -0.39 is 0 Å². The number of pyridine rings is 1. The van der Waals surface area contributed by atoms with Gasteiger partial charge in [0.1, 0.15) is 10.9 Å². The Morgan fingerprint density at radius 1 is 1.29 bits per heavy atom. The molecule has 1 N–H and O–H groups in total. The Kier molecular flexibility index (Phi) is 3.49. The lowest BCUT2D eigenvalue weighted by molar-refractivity contribution is 0.473. The van der Waals surface area contributed by atoms with Gasteiger partial charge < -0.3 is 5.11 Å². The molecule has 84 valence electrons. The molecule has 0 spiro atoms. The maximum atomic E-state index is 9.37. The topological polar surface area (TPSA) is 45.5 Å². The number of rotatable bonds is 2. The SMILES string of the molecule is Oc1cnc(Cl)c(-c2ccc(N=C=S)cc2)c1. The Balaban J connectivity index is 2.46. The van der Waals surface area contributed by atoms with Crippen LogP contribution in [0.15, 0.2) is 41.5 Å². The Morgan fingerprint density at radius 3 is 2.65 bits per heavy atom. The highest BCUT2D eigenvalue weighted by Crippen LogP contribution is 2.30. The van der Waals surface area contributed by atoms with Crippen molar-refractivity contribution in [1.82, 2.24) is 4.98 Å². The molecule has 1 heterocycles. The lowest BCUT2D eigenvalue weighted by Crippen LogP contribution is -1.82. The molecule has 0 fully saturated rings. The fraction of sp³-hybridized carbons (Fsp3) is 0.